The van der Waals surface area contributed by atoms with Gasteiger partial charge in [-0.1, -0.05) is 31.6 Å². The average Bonchev–Trinajstić information content (AvgIpc) is 2.62. The Morgan fingerprint density at radius 3 is 2.81 bits per heavy atom. The zero-order valence-electron chi connectivity index (χ0n) is 16.5. The van der Waals surface area contributed by atoms with E-state index in [9.17, 15) is 4.79 Å². The molecular weight excluding hydrogens is 322 g/mol. The summed E-state index contributed by atoms with van der Waals surface area (Å²) in [5.41, 5.74) is 2.29. The predicted molar refractivity (Wildman–Crippen MR) is 104 cm³/mol. The Morgan fingerprint density at radius 1 is 1.42 bits per heavy atom. The fourth-order valence-electron chi connectivity index (χ4n) is 3.93. The normalized spacial score (nSPS) is 22.6. The Hall–Kier alpha value is -2.15. The molecule has 1 aromatic rings. The molecule has 0 N–H and O–H groups in total. The molecular formula is C22H31N3O. The van der Waals surface area contributed by atoms with Crippen LogP contribution in [-0.2, 0) is 11.2 Å². The summed E-state index contributed by atoms with van der Waals surface area (Å²) >= 11 is 0. The highest BCUT2D eigenvalue weighted by molar-refractivity contribution is 5.76. The van der Waals surface area contributed by atoms with Gasteiger partial charge in [-0.25, -0.2) is 0 Å². The van der Waals surface area contributed by atoms with E-state index in [0.717, 1.165) is 18.5 Å². The van der Waals surface area contributed by atoms with E-state index >= 15 is 0 Å². The van der Waals surface area contributed by atoms with E-state index in [1.54, 1.807) is 6.20 Å². The molecule has 0 spiro atoms. The number of amides is 1. The molecule has 4 nitrogen and oxygen atoms in total. The van der Waals surface area contributed by atoms with Crippen molar-refractivity contribution in [1.82, 2.24) is 9.88 Å². The number of likely N-dealkylation sites (N-methyl/N-ethyl adjacent to an activating group) is 1. The van der Waals surface area contributed by atoms with Crippen LogP contribution in [0, 0.1) is 35.0 Å². The van der Waals surface area contributed by atoms with Gasteiger partial charge in [0, 0.05) is 44.7 Å². The van der Waals surface area contributed by atoms with Crippen molar-refractivity contribution < 1.29 is 4.79 Å². The van der Waals surface area contributed by atoms with Gasteiger partial charge in [0.2, 0.25) is 5.91 Å². The largest absolute Gasteiger partial charge is 0.345 e. The number of carbonyl (C=O) groups excluding carboxylic acids is 1. The highest BCUT2D eigenvalue weighted by Gasteiger charge is 2.32. The van der Waals surface area contributed by atoms with Gasteiger partial charge in [-0.05, 0) is 49.1 Å². The Balaban J connectivity index is 1.94. The molecule has 0 unspecified atom stereocenters. The Kier molecular flexibility index (Phi) is 7.38. The molecule has 26 heavy (non-hydrogen) atoms. The van der Waals surface area contributed by atoms with Gasteiger partial charge in [-0.15, -0.1) is 0 Å². The number of rotatable bonds is 7. The van der Waals surface area contributed by atoms with Gasteiger partial charge in [0.25, 0.3) is 0 Å². The summed E-state index contributed by atoms with van der Waals surface area (Å²) < 4.78 is 0. The molecule has 1 amide bonds. The second-order valence-corrected chi connectivity index (χ2v) is 7.87. The zero-order valence-corrected chi connectivity index (χ0v) is 16.5. The summed E-state index contributed by atoms with van der Waals surface area (Å²) in [7, 11) is 1.88. The Morgan fingerprint density at radius 2 is 2.19 bits per heavy atom. The molecule has 0 saturated heterocycles. The number of aromatic nitrogens is 1. The van der Waals surface area contributed by atoms with Gasteiger partial charge < -0.3 is 4.90 Å². The molecule has 3 atom stereocenters. The van der Waals surface area contributed by atoms with Crippen molar-refractivity contribution in [3.63, 3.8) is 0 Å². The molecule has 4 heteroatoms. The topological polar surface area (TPSA) is 57.0 Å². The SMILES string of the molecule is CC1=C[C@@H](CC#N)[C@H](C(C)C)C[C@H]1CC(=O)N(C)CCc1ccccn1. The van der Waals surface area contributed by atoms with Gasteiger partial charge in [0.15, 0.2) is 0 Å². The van der Waals surface area contributed by atoms with Crippen molar-refractivity contribution in [3.05, 3.63) is 41.7 Å². The van der Waals surface area contributed by atoms with E-state index in [0.29, 0.717) is 43.1 Å². The lowest BCUT2D eigenvalue weighted by atomic mass is 9.69. The first-order valence-electron chi connectivity index (χ1n) is 9.61. The molecule has 0 fully saturated rings. The second-order valence-electron chi connectivity index (χ2n) is 7.87. The summed E-state index contributed by atoms with van der Waals surface area (Å²) in [6.07, 6.45) is 6.96. The standard InChI is InChI=1S/C22H31N3O/c1-16(2)21-14-19(17(3)13-18(21)8-10-23)15-22(26)25(4)12-9-20-7-5-6-11-24-20/h5-7,11,13,16,18-19,21H,8-9,12,14-15H2,1-4H3/t18-,19+,21+/m1/s1. The molecule has 1 aromatic heterocycles. The van der Waals surface area contributed by atoms with E-state index in [4.69, 9.17) is 5.26 Å². The van der Waals surface area contributed by atoms with E-state index in [1.165, 1.54) is 5.57 Å². The van der Waals surface area contributed by atoms with E-state index < -0.39 is 0 Å². The second kappa shape index (κ2) is 9.52. The highest BCUT2D eigenvalue weighted by atomic mass is 16.2. The number of nitriles is 1. The van der Waals surface area contributed by atoms with Crippen LogP contribution in [0.3, 0.4) is 0 Å². The van der Waals surface area contributed by atoms with Gasteiger partial charge >= 0.3 is 0 Å². The number of hydrogen-bond acceptors (Lipinski definition) is 3. The van der Waals surface area contributed by atoms with Gasteiger partial charge in [-0.2, -0.15) is 5.26 Å². The molecule has 140 valence electrons. The third-order valence-electron chi connectivity index (χ3n) is 5.69. The number of hydrogen-bond donors (Lipinski definition) is 0. The van der Waals surface area contributed by atoms with Crippen LogP contribution in [0.5, 0.6) is 0 Å². The van der Waals surface area contributed by atoms with Crippen LogP contribution in [0.2, 0.25) is 0 Å². The van der Waals surface area contributed by atoms with Crippen molar-refractivity contribution in [2.45, 2.75) is 46.5 Å². The number of carbonyl (C=O) groups is 1. The maximum Gasteiger partial charge on any atom is 0.222 e. The summed E-state index contributed by atoms with van der Waals surface area (Å²) in [5.74, 6) is 1.82. The van der Waals surface area contributed by atoms with Crippen molar-refractivity contribution in [1.29, 1.82) is 5.26 Å². The average molecular weight is 354 g/mol. The molecule has 1 aliphatic carbocycles. The Labute approximate surface area is 157 Å². The summed E-state index contributed by atoms with van der Waals surface area (Å²) in [6.45, 7) is 7.26. The van der Waals surface area contributed by atoms with Crippen LogP contribution >= 0.6 is 0 Å². The minimum Gasteiger partial charge on any atom is -0.345 e. The minimum atomic E-state index is 0.194. The monoisotopic (exact) mass is 353 g/mol. The van der Waals surface area contributed by atoms with Crippen molar-refractivity contribution >= 4 is 5.91 Å². The summed E-state index contributed by atoms with van der Waals surface area (Å²) in [5, 5.41) is 9.10. The van der Waals surface area contributed by atoms with Gasteiger partial charge in [0.1, 0.15) is 0 Å². The molecule has 1 aliphatic rings. The summed E-state index contributed by atoms with van der Waals surface area (Å²) in [6, 6.07) is 8.20. The lowest BCUT2D eigenvalue weighted by Gasteiger charge is -2.36. The summed E-state index contributed by atoms with van der Waals surface area (Å²) in [4.78, 5) is 18.8. The minimum absolute atomic E-state index is 0.194. The lowest BCUT2D eigenvalue weighted by Crippen LogP contribution is -2.33. The van der Waals surface area contributed by atoms with Crippen LogP contribution in [0.25, 0.3) is 0 Å². The first-order chi connectivity index (χ1) is 12.4. The molecule has 0 radical (unpaired) electrons. The number of pyridine rings is 1. The lowest BCUT2D eigenvalue weighted by molar-refractivity contribution is -0.130. The fourth-order valence-corrected chi connectivity index (χ4v) is 3.93. The van der Waals surface area contributed by atoms with Crippen LogP contribution in [0.4, 0.5) is 0 Å². The van der Waals surface area contributed by atoms with E-state index in [-0.39, 0.29) is 5.91 Å². The van der Waals surface area contributed by atoms with Crippen LogP contribution in [-0.4, -0.2) is 29.4 Å². The van der Waals surface area contributed by atoms with Gasteiger partial charge in [0.05, 0.1) is 6.07 Å². The van der Waals surface area contributed by atoms with Crippen LogP contribution in [0.15, 0.2) is 36.0 Å². The van der Waals surface area contributed by atoms with Crippen molar-refractivity contribution in [3.8, 4) is 6.07 Å². The first kappa shape index (κ1) is 20.2. The molecule has 0 bridgehead atoms. The molecule has 0 aliphatic heterocycles. The zero-order chi connectivity index (χ0) is 19.1. The third-order valence-corrected chi connectivity index (χ3v) is 5.69. The van der Waals surface area contributed by atoms with Crippen molar-refractivity contribution in [2.24, 2.45) is 23.7 Å². The predicted octanol–water partition coefficient (Wildman–Crippen LogP) is 4.24. The molecule has 0 aromatic carbocycles. The third kappa shape index (κ3) is 5.42. The van der Waals surface area contributed by atoms with E-state index in [2.05, 4.69) is 37.9 Å². The smallest absolute Gasteiger partial charge is 0.222 e. The quantitative estimate of drug-likeness (QED) is 0.689. The molecule has 1 heterocycles. The molecule has 2 rings (SSSR count). The first-order valence-corrected chi connectivity index (χ1v) is 9.61. The van der Waals surface area contributed by atoms with Crippen LogP contribution in [0.1, 0.15) is 45.7 Å². The fraction of sp³-hybridized carbons (Fsp3) is 0.591. The van der Waals surface area contributed by atoms with Crippen LogP contribution < -0.4 is 0 Å². The van der Waals surface area contributed by atoms with E-state index in [1.807, 2.05) is 30.1 Å². The van der Waals surface area contributed by atoms with Gasteiger partial charge in [-0.3, -0.25) is 9.78 Å². The number of allylic oxidation sites excluding steroid dienone is 2. The maximum atomic E-state index is 12.7. The van der Waals surface area contributed by atoms with Crippen molar-refractivity contribution in [2.75, 3.05) is 13.6 Å². The maximum absolute atomic E-state index is 12.7. The number of nitrogens with zero attached hydrogens (tertiary/aromatic N) is 3. The molecule has 0 saturated carbocycles. The highest BCUT2D eigenvalue weighted by Crippen LogP contribution is 2.40. The Bertz CT molecular complexity index is 660.